The molecule has 2 aliphatic rings. The SMILES string of the molecule is CCC(O)CC(O)[C@@H](C(=O)O)[C@H]1C(C)C=CC2=C[C@@H](O)C[C@H](OC(=O)[C@@H](C)CC)[C@@H]21. The minimum Gasteiger partial charge on any atom is -0.481 e. The molecule has 3 unspecified atom stereocenters. The van der Waals surface area contributed by atoms with Crippen molar-refractivity contribution in [2.45, 2.75) is 77.8 Å². The van der Waals surface area contributed by atoms with Gasteiger partial charge in [-0.3, -0.25) is 9.59 Å². The predicted octanol–water partition coefficient (Wildman–Crippen LogP) is 2.30. The molecule has 2 aliphatic carbocycles. The highest BCUT2D eigenvalue weighted by Gasteiger charge is 2.49. The molecule has 170 valence electrons. The lowest BCUT2D eigenvalue weighted by Crippen LogP contribution is -2.50. The summed E-state index contributed by atoms with van der Waals surface area (Å²) in [7, 11) is 0. The highest BCUT2D eigenvalue weighted by atomic mass is 16.5. The van der Waals surface area contributed by atoms with Crippen molar-refractivity contribution in [1.82, 2.24) is 0 Å². The quantitative estimate of drug-likeness (QED) is 0.419. The average Bonchev–Trinajstić information content (AvgIpc) is 2.68. The largest absolute Gasteiger partial charge is 0.481 e. The van der Waals surface area contributed by atoms with Gasteiger partial charge in [-0.15, -0.1) is 0 Å². The third-order valence-corrected chi connectivity index (χ3v) is 6.64. The minimum absolute atomic E-state index is 0.0356. The molecule has 0 heterocycles. The molecule has 0 amide bonds. The molecular formula is C23H36O7. The van der Waals surface area contributed by atoms with Crippen molar-refractivity contribution in [3.8, 4) is 0 Å². The van der Waals surface area contributed by atoms with Gasteiger partial charge in [0.25, 0.3) is 0 Å². The van der Waals surface area contributed by atoms with Gasteiger partial charge in [-0.1, -0.05) is 45.9 Å². The summed E-state index contributed by atoms with van der Waals surface area (Å²) >= 11 is 0. The van der Waals surface area contributed by atoms with E-state index in [0.717, 1.165) is 5.57 Å². The van der Waals surface area contributed by atoms with Crippen molar-refractivity contribution >= 4 is 11.9 Å². The second-order valence-corrected chi connectivity index (χ2v) is 8.80. The number of carboxylic acids is 1. The van der Waals surface area contributed by atoms with E-state index in [1.165, 1.54) is 0 Å². The fraction of sp³-hybridized carbons (Fsp3) is 0.739. The molecule has 2 rings (SSSR count). The Morgan fingerprint density at radius 3 is 2.47 bits per heavy atom. The topological polar surface area (TPSA) is 124 Å². The summed E-state index contributed by atoms with van der Waals surface area (Å²) in [5.74, 6) is -4.13. The van der Waals surface area contributed by atoms with Crippen LogP contribution in [-0.4, -0.2) is 56.8 Å². The van der Waals surface area contributed by atoms with Gasteiger partial charge in [0.2, 0.25) is 0 Å². The smallest absolute Gasteiger partial charge is 0.309 e. The fourth-order valence-corrected chi connectivity index (χ4v) is 4.64. The first kappa shape index (κ1) is 24.6. The highest BCUT2D eigenvalue weighted by Crippen LogP contribution is 2.46. The molecule has 0 saturated carbocycles. The minimum atomic E-state index is -1.24. The summed E-state index contributed by atoms with van der Waals surface area (Å²) < 4.78 is 5.78. The molecule has 7 nitrogen and oxygen atoms in total. The zero-order chi connectivity index (χ0) is 22.6. The molecular weight excluding hydrogens is 388 g/mol. The highest BCUT2D eigenvalue weighted by molar-refractivity contribution is 5.73. The number of esters is 1. The molecule has 0 aromatic rings. The molecule has 0 spiro atoms. The number of carboxylic acid groups (broad SMARTS) is 1. The number of ether oxygens (including phenoxy) is 1. The van der Waals surface area contributed by atoms with Gasteiger partial charge in [0.1, 0.15) is 6.10 Å². The molecule has 30 heavy (non-hydrogen) atoms. The van der Waals surface area contributed by atoms with Gasteiger partial charge in [-0.05, 0) is 30.3 Å². The molecule has 0 fully saturated rings. The van der Waals surface area contributed by atoms with Gasteiger partial charge in [0, 0.05) is 18.8 Å². The number of hydrogen-bond acceptors (Lipinski definition) is 6. The van der Waals surface area contributed by atoms with E-state index in [0.29, 0.717) is 12.8 Å². The maximum atomic E-state index is 12.5. The lowest BCUT2D eigenvalue weighted by atomic mass is 9.62. The zero-order valence-corrected chi connectivity index (χ0v) is 18.3. The molecule has 0 saturated heterocycles. The number of aliphatic carboxylic acids is 1. The Kier molecular flexibility index (Phi) is 8.64. The van der Waals surface area contributed by atoms with Gasteiger partial charge < -0.3 is 25.2 Å². The van der Waals surface area contributed by atoms with Crippen LogP contribution in [0.3, 0.4) is 0 Å². The first-order valence-electron chi connectivity index (χ1n) is 11.0. The normalized spacial score (nSPS) is 32.4. The molecule has 0 aliphatic heterocycles. The Balaban J connectivity index is 2.42. The number of aliphatic hydroxyl groups is 3. The van der Waals surface area contributed by atoms with E-state index in [2.05, 4.69) is 0 Å². The molecule has 0 radical (unpaired) electrons. The van der Waals surface area contributed by atoms with E-state index >= 15 is 0 Å². The van der Waals surface area contributed by atoms with Gasteiger partial charge in [-0.2, -0.15) is 0 Å². The van der Waals surface area contributed by atoms with Crippen molar-refractivity contribution in [2.75, 3.05) is 0 Å². The van der Waals surface area contributed by atoms with E-state index in [-0.39, 0.29) is 30.6 Å². The van der Waals surface area contributed by atoms with Crippen LogP contribution < -0.4 is 0 Å². The first-order valence-corrected chi connectivity index (χ1v) is 11.0. The van der Waals surface area contributed by atoms with E-state index < -0.39 is 48.1 Å². The first-order chi connectivity index (χ1) is 14.1. The maximum Gasteiger partial charge on any atom is 0.309 e. The third kappa shape index (κ3) is 5.50. The number of carbonyl (C=O) groups excluding carboxylic acids is 1. The summed E-state index contributed by atoms with van der Waals surface area (Å²) in [5, 5.41) is 41.0. The van der Waals surface area contributed by atoms with Crippen LogP contribution in [-0.2, 0) is 14.3 Å². The number of carbonyl (C=O) groups is 2. The number of hydrogen-bond donors (Lipinski definition) is 4. The maximum absolute atomic E-state index is 12.5. The summed E-state index contributed by atoms with van der Waals surface area (Å²) in [6.07, 6.45) is 3.09. The van der Waals surface area contributed by atoms with E-state index in [1.54, 1.807) is 19.9 Å². The van der Waals surface area contributed by atoms with Crippen LogP contribution in [0.25, 0.3) is 0 Å². The van der Waals surface area contributed by atoms with Crippen molar-refractivity contribution in [1.29, 1.82) is 0 Å². The van der Waals surface area contributed by atoms with Crippen molar-refractivity contribution in [3.05, 3.63) is 23.8 Å². The summed E-state index contributed by atoms with van der Waals surface area (Å²) in [6, 6.07) is 0. The van der Waals surface area contributed by atoms with E-state index in [1.807, 2.05) is 26.0 Å². The molecule has 9 atom stereocenters. The third-order valence-electron chi connectivity index (χ3n) is 6.64. The Bertz CT molecular complexity index is 670. The van der Waals surface area contributed by atoms with Gasteiger partial charge in [0.05, 0.1) is 30.1 Å². The number of allylic oxidation sites excluding steroid dienone is 2. The summed E-state index contributed by atoms with van der Waals surface area (Å²) in [6.45, 7) is 7.31. The Labute approximate surface area is 178 Å². The monoisotopic (exact) mass is 424 g/mol. The van der Waals surface area contributed by atoms with Crippen LogP contribution in [0.2, 0.25) is 0 Å². The molecule has 4 N–H and O–H groups in total. The van der Waals surface area contributed by atoms with Crippen molar-refractivity contribution < 1.29 is 34.8 Å². The van der Waals surface area contributed by atoms with Gasteiger partial charge in [-0.25, -0.2) is 0 Å². The molecule has 0 bridgehead atoms. The number of fused-ring (bicyclic) bond motifs is 1. The van der Waals surface area contributed by atoms with E-state index in [9.17, 15) is 30.0 Å². The molecule has 0 aromatic heterocycles. The number of aliphatic hydroxyl groups excluding tert-OH is 3. The van der Waals surface area contributed by atoms with Crippen LogP contribution in [0.15, 0.2) is 23.8 Å². The lowest BCUT2D eigenvalue weighted by Gasteiger charge is -2.45. The average molecular weight is 425 g/mol. The van der Waals surface area contributed by atoms with Crippen LogP contribution in [0.4, 0.5) is 0 Å². The fourth-order valence-electron chi connectivity index (χ4n) is 4.64. The standard InChI is InChI=1S/C23H36O7/c1-5-12(3)23(29)30-18-11-16(25)9-14-8-7-13(4)19(20(14)18)21(22(27)28)17(26)10-15(24)6-2/h7-9,12-13,15-21,24-26H,5-6,10-11H2,1-4H3,(H,27,28)/t12-,13?,15?,16+,17?,18-,19-,20+,21+/m0/s1. The van der Waals surface area contributed by atoms with Crippen molar-refractivity contribution in [3.63, 3.8) is 0 Å². The second kappa shape index (κ2) is 10.6. The van der Waals surface area contributed by atoms with Crippen LogP contribution in [0, 0.1) is 29.6 Å². The van der Waals surface area contributed by atoms with E-state index in [4.69, 9.17) is 4.74 Å². The molecule has 7 heteroatoms. The Morgan fingerprint density at radius 2 is 1.90 bits per heavy atom. The number of rotatable bonds is 9. The van der Waals surface area contributed by atoms with Gasteiger partial charge in [0.15, 0.2) is 0 Å². The second-order valence-electron chi connectivity index (χ2n) is 8.80. The Morgan fingerprint density at radius 1 is 1.23 bits per heavy atom. The van der Waals surface area contributed by atoms with Crippen molar-refractivity contribution in [2.24, 2.45) is 29.6 Å². The predicted molar refractivity (Wildman–Crippen MR) is 111 cm³/mol. The van der Waals surface area contributed by atoms with Crippen LogP contribution in [0.5, 0.6) is 0 Å². The zero-order valence-electron chi connectivity index (χ0n) is 18.3. The van der Waals surface area contributed by atoms with Gasteiger partial charge >= 0.3 is 11.9 Å². The van der Waals surface area contributed by atoms with Crippen LogP contribution in [0.1, 0.15) is 53.4 Å². The Hall–Kier alpha value is -1.70. The van der Waals surface area contributed by atoms with Crippen LogP contribution >= 0.6 is 0 Å². The summed E-state index contributed by atoms with van der Waals surface area (Å²) in [4.78, 5) is 24.7. The molecule has 0 aromatic carbocycles. The summed E-state index contributed by atoms with van der Waals surface area (Å²) in [5.41, 5.74) is 0.730. The lowest BCUT2D eigenvalue weighted by molar-refractivity contribution is -0.163.